The van der Waals surface area contributed by atoms with Crippen LogP contribution in [-0.2, 0) is 24.2 Å². The topological polar surface area (TPSA) is 50.8 Å². The van der Waals surface area contributed by atoms with Crippen molar-refractivity contribution in [3.8, 4) is 11.5 Å². The van der Waals surface area contributed by atoms with Crippen molar-refractivity contribution in [2.45, 2.75) is 52.3 Å². The van der Waals surface area contributed by atoms with E-state index in [1.54, 1.807) is 7.11 Å². The van der Waals surface area contributed by atoms with E-state index in [4.69, 9.17) is 9.47 Å². The van der Waals surface area contributed by atoms with Crippen molar-refractivity contribution >= 4 is 11.5 Å². The number of carbonyl (C=O) groups excluding carboxylic acids is 1. The second-order valence-corrected chi connectivity index (χ2v) is 9.96. The SMILES string of the molecule is CCCc1ccc(COc2ccc3c(c2)CCC(CN2CC(C(=O)NCC(F)(F)F)C2)=C3C)c(OC)c1. The zero-order valence-corrected chi connectivity index (χ0v) is 21.7. The summed E-state index contributed by atoms with van der Waals surface area (Å²) in [5, 5.41) is 1.99. The number of alkyl halides is 3. The van der Waals surface area contributed by atoms with Crippen molar-refractivity contribution in [3.05, 3.63) is 64.2 Å². The van der Waals surface area contributed by atoms with Crippen molar-refractivity contribution in [1.82, 2.24) is 10.2 Å². The van der Waals surface area contributed by atoms with E-state index in [0.29, 0.717) is 19.7 Å². The molecule has 4 rings (SSSR count). The van der Waals surface area contributed by atoms with Gasteiger partial charge in [-0.25, -0.2) is 0 Å². The van der Waals surface area contributed by atoms with Crippen molar-refractivity contribution in [1.29, 1.82) is 0 Å². The minimum Gasteiger partial charge on any atom is -0.496 e. The minimum atomic E-state index is -4.38. The van der Waals surface area contributed by atoms with E-state index < -0.39 is 18.6 Å². The van der Waals surface area contributed by atoms with Crippen LogP contribution in [0, 0.1) is 5.92 Å². The van der Waals surface area contributed by atoms with Gasteiger partial charge in [-0.2, -0.15) is 13.2 Å². The molecule has 1 aliphatic carbocycles. The van der Waals surface area contributed by atoms with Crippen LogP contribution >= 0.6 is 0 Å². The highest BCUT2D eigenvalue weighted by molar-refractivity contribution is 5.80. The third-order valence-corrected chi connectivity index (χ3v) is 7.20. The molecule has 2 aliphatic rings. The van der Waals surface area contributed by atoms with Crippen LogP contribution in [0.15, 0.2) is 42.0 Å². The van der Waals surface area contributed by atoms with Gasteiger partial charge in [-0.15, -0.1) is 0 Å². The second-order valence-electron chi connectivity index (χ2n) is 9.96. The molecule has 0 saturated carbocycles. The van der Waals surface area contributed by atoms with Crippen LogP contribution in [0.25, 0.3) is 5.57 Å². The highest BCUT2D eigenvalue weighted by Crippen LogP contribution is 2.35. The molecule has 5 nitrogen and oxygen atoms in total. The maximum Gasteiger partial charge on any atom is 0.405 e. The molecule has 2 aromatic carbocycles. The van der Waals surface area contributed by atoms with E-state index in [0.717, 1.165) is 49.3 Å². The molecule has 0 bridgehead atoms. The number of ether oxygens (including phenoxy) is 2. The van der Waals surface area contributed by atoms with Crippen LogP contribution in [0.2, 0.25) is 0 Å². The lowest BCUT2D eigenvalue weighted by Gasteiger charge is -2.39. The number of fused-ring (bicyclic) bond motifs is 1. The number of hydrogen-bond donors (Lipinski definition) is 1. The van der Waals surface area contributed by atoms with Crippen LogP contribution in [0.1, 0.15) is 48.9 Å². The predicted molar refractivity (Wildman–Crippen MR) is 138 cm³/mol. The molecule has 1 fully saturated rings. The maximum absolute atomic E-state index is 12.3. The molecular weight excluding hydrogens is 481 g/mol. The fourth-order valence-electron chi connectivity index (χ4n) is 5.07. The summed E-state index contributed by atoms with van der Waals surface area (Å²) in [6, 6.07) is 12.5. The number of methoxy groups -OCH3 is 1. The van der Waals surface area contributed by atoms with E-state index in [-0.39, 0.29) is 5.92 Å². The molecule has 1 saturated heterocycles. The smallest absolute Gasteiger partial charge is 0.405 e. The summed E-state index contributed by atoms with van der Waals surface area (Å²) < 4.78 is 48.6. The third kappa shape index (κ3) is 6.86. The summed E-state index contributed by atoms with van der Waals surface area (Å²) in [5.41, 5.74) is 7.26. The highest BCUT2D eigenvalue weighted by atomic mass is 19.4. The molecule has 37 heavy (non-hydrogen) atoms. The van der Waals surface area contributed by atoms with Gasteiger partial charge in [-0.05, 0) is 66.6 Å². The fraction of sp³-hybridized carbons (Fsp3) is 0.483. The Kier molecular flexibility index (Phi) is 8.47. The quantitative estimate of drug-likeness (QED) is 0.450. The zero-order chi connectivity index (χ0) is 26.6. The first-order valence-electron chi connectivity index (χ1n) is 12.8. The lowest BCUT2D eigenvalue weighted by Crippen LogP contribution is -2.54. The van der Waals surface area contributed by atoms with Crippen molar-refractivity contribution in [2.24, 2.45) is 5.92 Å². The Morgan fingerprint density at radius 1 is 1.14 bits per heavy atom. The van der Waals surface area contributed by atoms with E-state index in [9.17, 15) is 18.0 Å². The number of amides is 1. The Balaban J connectivity index is 1.33. The largest absolute Gasteiger partial charge is 0.496 e. The fourth-order valence-corrected chi connectivity index (χ4v) is 5.07. The lowest BCUT2D eigenvalue weighted by atomic mass is 9.85. The third-order valence-electron chi connectivity index (χ3n) is 7.20. The monoisotopic (exact) mass is 516 g/mol. The number of benzene rings is 2. The molecule has 8 heteroatoms. The number of nitrogens with one attached hydrogen (secondary N) is 1. The first-order valence-corrected chi connectivity index (χ1v) is 12.8. The van der Waals surface area contributed by atoms with Crippen LogP contribution < -0.4 is 14.8 Å². The molecule has 0 aromatic heterocycles. The minimum absolute atomic E-state index is 0.375. The Morgan fingerprint density at radius 2 is 1.92 bits per heavy atom. The van der Waals surface area contributed by atoms with E-state index >= 15 is 0 Å². The van der Waals surface area contributed by atoms with Crippen molar-refractivity contribution < 1.29 is 27.4 Å². The number of allylic oxidation sites excluding steroid dienone is 1. The normalized spacial score (nSPS) is 16.3. The Bertz CT molecular complexity index is 1150. The molecule has 0 unspecified atom stereocenters. The number of nitrogens with zero attached hydrogens (tertiary/aromatic N) is 1. The molecule has 0 spiro atoms. The van der Waals surface area contributed by atoms with E-state index in [1.165, 1.54) is 27.8 Å². The van der Waals surface area contributed by atoms with Gasteiger partial charge in [0, 0.05) is 25.2 Å². The van der Waals surface area contributed by atoms with Gasteiger partial charge in [0.1, 0.15) is 24.7 Å². The summed E-state index contributed by atoms with van der Waals surface area (Å²) >= 11 is 0. The van der Waals surface area contributed by atoms with Gasteiger partial charge in [-0.1, -0.05) is 37.1 Å². The van der Waals surface area contributed by atoms with Gasteiger partial charge in [0.2, 0.25) is 5.91 Å². The second kappa shape index (κ2) is 11.6. The number of rotatable bonds is 10. The molecule has 0 radical (unpaired) electrons. The van der Waals surface area contributed by atoms with Crippen molar-refractivity contribution in [3.63, 3.8) is 0 Å². The average molecular weight is 517 g/mol. The van der Waals surface area contributed by atoms with Gasteiger partial charge < -0.3 is 14.8 Å². The molecule has 0 atom stereocenters. The van der Waals surface area contributed by atoms with Crippen LogP contribution in [0.4, 0.5) is 13.2 Å². The molecular formula is C29H35F3N2O3. The molecule has 2 aromatic rings. The van der Waals surface area contributed by atoms with Gasteiger partial charge in [-0.3, -0.25) is 9.69 Å². The number of halogens is 3. The summed E-state index contributed by atoms with van der Waals surface area (Å²) in [5.74, 6) is 0.777. The molecule has 200 valence electrons. The highest BCUT2D eigenvalue weighted by Gasteiger charge is 2.35. The first kappa shape index (κ1) is 27.0. The standard InChI is InChI=1S/C29H35F3N2O3/c1-4-5-20-6-7-23(27(12-20)36-3)17-37-25-10-11-26-19(2)22(9-8-21(26)13-25)14-34-15-24(16-34)28(35)33-18-29(30,31)32/h6-7,10-13,24H,4-5,8-9,14-18H2,1-3H3,(H,33,35). The Hall–Kier alpha value is -3.00. The Labute approximate surface area is 216 Å². The number of likely N-dealkylation sites (tertiary alicyclic amines) is 1. The molecule has 1 aliphatic heterocycles. The van der Waals surface area contributed by atoms with Crippen LogP contribution in [-0.4, -0.2) is 50.3 Å². The molecule has 1 amide bonds. The maximum atomic E-state index is 12.3. The van der Waals surface area contributed by atoms with Gasteiger partial charge in [0.25, 0.3) is 0 Å². The summed E-state index contributed by atoms with van der Waals surface area (Å²) in [6.45, 7) is 5.15. The van der Waals surface area contributed by atoms with Gasteiger partial charge >= 0.3 is 6.18 Å². The zero-order valence-electron chi connectivity index (χ0n) is 21.7. The number of aryl methyl sites for hydroxylation is 2. The Morgan fingerprint density at radius 3 is 2.62 bits per heavy atom. The predicted octanol–water partition coefficient (Wildman–Crippen LogP) is 5.56. The summed E-state index contributed by atoms with van der Waals surface area (Å²) in [4.78, 5) is 14.0. The van der Waals surface area contributed by atoms with Crippen LogP contribution in [0.5, 0.6) is 11.5 Å². The van der Waals surface area contributed by atoms with E-state index in [1.807, 2.05) is 11.4 Å². The summed E-state index contributed by atoms with van der Waals surface area (Å²) in [6.07, 6.45) is -0.459. The van der Waals surface area contributed by atoms with Gasteiger partial charge in [0.15, 0.2) is 0 Å². The number of carbonyl (C=O) groups is 1. The lowest BCUT2D eigenvalue weighted by molar-refractivity contribution is -0.143. The van der Waals surface area contributed by atoms with E-state index in [2.05, 4.69) is 49.1 Å². The molecule has 1 heterocycles. The number of hydrogen-bond acceptors (Lipinski definition) is 4. The van der Waals surface area contributed by atoms with Gasteiger partial charge in [0.05, 0.1) is 13.0 Å². The molecule has 1 N–H and O–H groups in total. The average Bonchev–Trinajstić information content (AvgIpc) is 2.84. The van der Waals surface area contributed by atoms with Crippen molar-refractivity contribution in [2.75, 3.05) is 33.3 Å². The summed E-state index contributed by atoms with van der Waals surface area (Å²) in [7, 11) is 1.68. The van der Waals surface area contributed by atoms with Crippen LogP contribution in [0.3, 0.4) is 0 Å². The first-order chi connectivity index (χ1) is 17.7.